The van der Waals surface area contributed by atoms with Gasteiger partial charge in [0.25, 0.3) is 0 Å². The van der Waals surface area contributed by atoms with Crippen molar-refractivity contribution in [1.82, 2.24) is 9.62 Å². The minimum absolute atomic E-state index is 0.236. The highest BCUT2D eigenvalue weighted by molar-refractivity contribution is 7.88. The Hall–Kier alpha value is -1.35. The third-order valence-electron chi connectivity index (χ3n) is 3.78. The number of carboxylic acids is 1. The van der Waals surface area contributed by atoms with Crippen molar-refractivity contribution >= 4 is 22.1 Å². The molecule has 0 saturated carbocycles. The molecule has 2 N–H and O–H groups in total. The lowest BCUT2D eigenvalue weighted by Gasteiger charge is -2.33. The van der Waals surface area contributed by atoms with Crippen LogP contribution in [-0.4, -0.2) is 61.5 Å². The summed E-state index contributed by atoms with van der Waals surface area (Å²) < 4.78 is 29.9. The van der Waals surface area contributed by atoms with Crippen LogP contribution in [-0.2, 0) is 19.6 Å². The molecule has 1 rings (SSSR count). The second-order valence-corrected chi connectivity index (χ2v) is 9.05. The van der Waals surface area contributed by atoms with Gasteiger partial charge in [-0.1, -0.05) is 0 Å². The summed E-state index contributed by atoms with van der Waals surface area (Å²) in [5, 5.41) is 9.09. The van der Waals surface area contributed by atoms with Crippen molar-refractivity contribution in [3.63, 3.8) is 0 Å². The van der Waals surface area contributed by atoms with Gasteiger partial charge in [0.2, 0.25) is 10.0 Å². The Morgan fingerprint density at radius 3 is 2.25 bits per heavy atom. The van der Waals surface area contributed by atoms with Crippen molar-refractivity contribution in [3.05, 3.63) is 0 Å². The maximum absolute atomic E-state index is 12.0. The predicted molar refractivity (Wildman–Crippen MR) is 89.2 cm³/mol. The summed E-state index contributed by atoms with van der Waals surface area (Å²) in [6, 6.07) is -1.11. The third-order valence-corrected chi connectivity index (χ3v) is 4.50. The second kappa shape index (κ2) is 8.15. The molecular formula is C15H28N2O6S. The first kappa shape index (κ1) is 20.7. The molecule has 1 aliphatic rings. The van der Waals surface area contributed by atoms with Crippen LogP contribution >= 0.6 is 0 Å². The number of nitrogens with zero attached hydrogens (tertiary/aromatic N) is 1. The minimum atomic E-state index is -3.56. The standard InChI is InChI=1S/C15H28N2O6S/c1-15(2,3)23-14(20)17-9-7-11(8-10-17)5-6-12(13(18)19)16-24(4,21)22/h11-12,16H,5-10H2,1-4H3,(H,18,19)/t12-/m1/s1. The third kappa shape index (κ3) is 7.96. The predicted octanol–water partition coefficient (Wildman–Crippen LogP) is 1.42. The molecule has 140 valence electrons. The van der Waals surface area contributed by atoms with Gasteiger partial charge in [-0.15, -0.1) is 0 Å². The quantitative estimate of drug-likeness (QED) is 0.737. The molecule has 1 fully saturated rings. The van der Waals surface area contributed by atoms with E-state index in [1.54, 1.807) is 4.90 Å². The van der Waals surface area contributed by atoms with E-state index in [1.165, 1.54) is 0 Å². The molecule has 0 radical (unpaired) electrons. The Kier molecular flexibility index (Phi) is 7.03. The summed E-state index contributed by atoms with van der Waals surface area (Å²) in [5.74, 6) is -0.904. The lowest BCUT2D eigenvalue weighted by Crippen LogP contribution is -2.43. The molecule has 0 aromatic rings. The van der Waals surface area contributed by atoms with E-state index < -0.39 is 27.6 Å². The van der Waals surface area contributed by atoms with E-state index in [0.717, 1.165) is 19.1 Å². The van der Waals surface area contributed by atoms with E-state index in [2.05, 4.69) is 4.72 Å². The molecule has 0 spiro atoms. The van der Waals surface area contributed by atoms with Crippen LogP contribution in [0.5, 0.6) is 0 Å². The lowest BCUT2D eigenvalue weighted by atomic mass is 9.91. The van der Waals surface area contributed by atoms with Crippen LogP contribution in [0.1, 0.15) is 46.5 Å². The van der Waals surface area contributed by atoms with E-state index in [4.69, 9.17) is 9.84 Å². The Balaban J connectivity index is 2.43. The number of amides is 1. The summed E-state index contributed by atoms with van der Waals surface area (Å²) in [5.41, 5.74) is -0.528. The van der Waals surface area contributed by atoms with Gasteiger partial charge in [0, 0.05) is 13.1 Å². The van der Waals surface area contributed by atoms with E-state index in [0.29, 0.717) is 19.5 Å². The molecule has 9 heteroatoms. The van der Waals surface area contributed by atoms with Crippen LogP contribution < -0.4 is 4.72 Å². The number of carboxylic acid groups (broad SMARTS) is 1. The first-order chi connectivity index (χ1) is 10.9. The van der Waals surface area contributed by atoms with Gasteiger partial charge in [0.05, 0.1) is 6.26 Å². The fourth-order valence-corrected chi connectivity index (χ4v) is 3.36. The molecule has 0 unspecified atom stereocenters. The van der Waals surface area contributed by atoms with Crippen LogP contribution in [0, 0.1) is 5.92 Å². The molecule has 0 bridgehead atoms. The number of aliphatic carboxylic acids is 1. The van der Waals surface area contributed by atoms with E-state index in [1.807, 2.05) is 20.8 Å². The lowest BCUT2D eigenvalue weighted by molar-refractivity contribution is -0.139. The molecule has 1 saturated heterocycles. The number of sulfonamides is 1. The zero-order valence-corrected chi connectivity index (χ0v) is 15.6. The highest BCUT2D eigenvalue weighted by Crippen LogP contribution is 2.24. The smallest absolute Gasteiger partial charge is 0.410 e. The largest absolute Gasteiger partial charge is 0.480 e. The first-order valence-corrected chi connectivity index (χ1v) is 9.94. The minimum Gasteiger partial charge on any atom is -0.480 e. The number of likely N-dealkylation sites (tertiary alicyclic amines) is 1. The fraction of sp³-hybridized carbons (Fsp3) is 0.867. The second-order valence-electron chi connectivity index (χ2n) is 7.27. The summed E-state index contributed by atoms with van der Waals surface area (Å²) in [7, 11) is -3.56. The average molecular weight is 364 g/mol. The van der Waals surface area contributed by atoms with E-state index in [9.17, 15) is 18.0 Å². The average Bonchev–Trinajstić information content (AvgIpc) is 2.40. The molecular weight excluding hydrogens is 336 g/mol. The topological polar surface area (TPSA) is 113 Å². The summed E-state index contributed by atoms with van der Waals surface area (Å²) >= 11 is 0. The van der Waals surface area contributed by atoms with Gasteiger partial charge in [-0.3, -0.25) is 4.79 Å². The van der Waals surface area contributed by atoms with E-state index in [-0.39, 0.29) is 18.4 Å². The molecule has 0 aliphatic carbocycles. The Labute approximate surface area is 143 Å². The Bertz CT molecular complexity index is 547. The van der Waals surface area contributed by atoms with Crippen molar-refractivity contribution in [3.8, 4) is 0 Å². The van der Waals surface area contributed by atoms with Crippen LogP contribution in [0.25, 0.3) is 0 Å². The van der Waals surface area contributed by atoms with Gasteiger partial charge >= 0.3 is 12.1 Å². The number of piperidine rings is 1. The molecule has 1 atom stereocenters. The zero-order chi connectivity index (χ0) is 18.5. The first-order valence-electron chi connectivity index (χ1n) is 8.05. The number of carbonyl (C=O) groups excluding carboxylic acids is 1. The van der Waals surface area contributed by atoms with Crippen LogP contribution in [0.3, 0.4) is 0 Å². The molecule has 1 amide bonds. The maximum atomic E-state index is 12.0. The Morgan fingerprint density at radius 2 is 1.83 bits per heavy atom. The molecule has 1 heterocycles. The maximum Gasteiger partial charge on any atom is 0.410 e. The zero-order valence-electron chi connectivity index (χ0n) is 14.7. The van der Waals surface area contributed by atoms with Gasteiger partial charge in [0.15, 0.2) is 0 Å². The number of ether oxygens (including phenoxy) is 1. The van der Waals surface area contributed by atoms with Crippen LogP contribution in [0.4, 0.5) is 4.79 Å². The monoisotopic (exact) mass is 364 g/mol. The van der Waals surface area contributed by atoms with Crippen LogP contribution in [0.2, 0.25) is 0 Å². The number of carbonyl (C=O) groups is 2. The molecule has 0 aromatic heterocycles. The number of hydrogen-bond acceptors (Lipinski definition) is 5. The van der Waals surface area contributed by atoms with Crippen LogP contribution in [0.15, 0.2) is 0 Å². The van der Waals surface area contributed by atoms with Crippen molar-refractivity contribution < 1.29 is 27.9 Å². The number of rotatable bonds is 6. The van der Waals surface area contributed by atoms with Crippen molar-refractivity contribution in [2.45, 2.75) is 58.1 Å². The number of hydrogen-bond donors (Lipinski definition) is 2. The van der Waals surface area contributed by atoms with Crippen molar-refractivity contribution in [2.75, 3.05) is 19.3 Å². The molecule has 8 nitrogen and oxygen atoms in total. The number of nitrogens with one attached hydrogen (secondary N) is 1. The van der Waals surface area contributed by atoms with Crippen molar-refractivity contribution in [1.29, 1.82) is 0 Å². The summed E-state index contributed by atoms with van der Waals surface area (Å²) in [6.45, 7) is 6.59. The van der Waals surface area contributed by atoms with Gasteiger partial charge in [0.1, 0.15) is 11.6 Å². The summed E-state index contributed by atoms with van der Waals surface area (Å²) in [4.78, 5) is 24.8. The Morgan fingerprint density at radius 1 is 1.29 bits per heavy atom. The SMILES string of the molecule is CC(C)(C)OC(=O)N1CCC(CC[C@@H](NS(C)(=O)=O)C(=O)O)CC1. The summed E-state index contributed by atoms with van der Waals surface area (Å²) in [6.07, 6.45) is 2.96. The van der Waals surface area contributed by atoms with Gasteiger partial charge in [-0.25, -0.2) is 17.9 Å². The molecule has 1 aliphatic heterocycles. The van der Waals surface area contributed by atoms with Crippen molar-refractivity contribution in [2.24, 2.45) is 5.92 Å². The highest BCUT2D eigenvalue weighted by atomic mass is 32.2. The normalized spacial score (nSPS) is 18.2. The molecule has 0 aromatic carbocycles. The van der Waals surface area contributed by atoms with Gasteiger partial charge in [-0.05, 0) is 52.4 Å². The highest BCUT2D eigenvalue weighted by Gasteiger charge is 2.28. The fourth-order valence-electron chi connectivity index (χ4n) is 2.62. The van der Waals surface area contributed by atoms with Gasteiger partial charge < -0.3 is 14.7 Å². The van der Waals surface area contributed by atoms with E-state index >= 15 is 0 Å². The van der Waals surface area contributed by atoms with Gasteiger partial charge in [-0.2, -0.15) is 0 Å². The molecule has 24 heavy (non-hydrogen) atoms.